The first-order valence-corrected chi connectivity index (χ1v) is 9.65. The molecule has 0 aromatic carbocycles. The smallest absolute Gasteiger partial charge is 0.330 e. The molecule has 0 aliphatic carbocycles. The molecule has 0 aliphatic rings. The molecule has 148 valence electrons. The predicted octanol–water partition coefficient (Wildman–Crippen LogP) is 4.24. The highest BCUT2D eigenvalue weighted by Gasteiger charge is 2.31. The van der Waals surface area contributed by atoms with Crippen LogP contribution in [0.3, 0.4) is 0 Å². The normalized spacial score (nSPS) is 11.9. The van der Waals surface area contributed by atoms with Gasteiger partial charge in [0.25, 0.3) is 0 Å². The van der Waals surface area contributed by atoms with Crippen molar-refractivity contribution in [3.8, 4) is 0 Å². The number of nitrogens with zero attached hydrogens (tertiary/aromatic N) is 3. The average molecular weight is 375 g/mol. The van der Waals surface area contributed by atoms with Gasteiger partial charge in [-0.1, -0.05) is 39.5 Å². The van der Waals surface area contributed by atoms with Gasteiger partial charge in [0, 0.05) is 12.4 Å². The van der Waals surface area contributed by atoms with Crippen molar-refractivity contribution >= 4 is 12.0 Å². The van der Waals surface area contributed by atoms with Gasteiger partial charge in [0.2, 0.25) is 0 Å². The molecule has 0 radical (unpaired) electrons. The summed E-state index contributed by atoms with van der Waals surface area (Å²) >= 11 is 0. The maximum Gasteiger partial charge on any atom is 0.330 e. The Morgan fingerprint density at radius 1 is 1.26 bits per heavy atom. The van der Waals surface area contributed by atoms with Crippen molar-refractivity contribution in [3.05, 3.63) is 42.9 Å². The molecule has 2 aromatic heterocycles. The number of furan rings is 1. The third-order valence-electron chi connectivity index (χ3n) is 4.40. The summed E-state index contributed by atoms with van der Waals surface area (Å²) in [4.78, 5) is 30.9. The molecule has 2 heterocycles. The Kier molecular flexibility index (Phi) is 8.61. The fourth-order valence-corrected chi connectivity index (χ4v) is 2.89. The van der Waals surface area contributed by atoms with Crippen LogP contribution in [0.15, 0.2) is 41.5 Å². The van der Waals surface area contributed by atoms with E-state index in [1.165, 1.54) is 34.8 Å². The molecule has 0 aliphatic heterocycles. The van der Waals surface area contributed by atoms with Crippen LogP contribution in [-0.2, 0) is 16.1 Å². The molecular weight excluding hydrogens is 346 g/mol. The maximum atomic E-state index is 12.9. The van der Waals surface area contributed by atoms with E-state index in [2.05, 4.69) is 11.9 Å². The number of amides is 1. The van der Waals surface area contributed by atoms with Crippen molar-refractivity contribution in [2.24, 2.45) is 0 Å². The Morgan fingerprint density at radius 3 is 2.70 bits per heavy atom. The Balaban J connectivity index is 2.01. The van der Waals surface area contributed by atoms with Crippen LogP contribution in [0.25, 0.3) is 0 Å². The maximum absolute atomic E-state index is 12.9. The topological polar surface area (TPSA) is 77.6 Å². The van der Waals surface area contributed by atoms with E-state index < -0.39 is 6.04 Å². The number of rotatable bonds is 11. The first-order valence-electron chi connectivity index (χ1n) is 9.65. The first-order chi connectivity index (χ1) is 13.2. The van der Waals surface area contributed by atoms with Crippen LogP contribution in [0, 0.1) is 0 Å². The van der Waals surface area contributed by atoms with Gasteiger partial charge in [-0.3, -0.25) is 4.57 Å². The summed E-state index contributed by atoms with van der Waals surface area (Å²) in [5, 5.41) is 0. The molecular formula is C20H29N3O4. The van der Waals surface area contributed by atoms with Gasteiger partial charge in [0.05, 0.1) is 19.4 Å². The lowest BCUT2D eigenvalue weighted by atomic mass is 10.1. The van der Waals surface area contributed by atoms with Crippen molar-refractivity contribution in [2.75, 3.05) is 6.61 Å². The van der Waals surface area contributed by atoms with Crippen LogP contribution in [0.4, 0.5) is 4.79 Å². The lowest BCUT2D eigenvalue weighted by molar-refractivity contribution is -0.149. The highest BCUT2D eigenvalue weighted by atomic mass is 16.5. The molecule has 0 saturated carbocycles. The zero-order valence-corrected chi connectivity index (χ0v) is 16.2. The Bertz CT molecular complexity index is 667. The van der Waals surface area contributed by atoms with Crippen molar-refractivity contribution in [1.29, 1.82) is 0 Å². The average Bonchev–Trinajstić information content (AvgIpc) is 3.37. The number of hydrogen-bond acceptors (Lipinski definition) is 5. The lowest BCUT2D eigenvalue weighted by Crippen LogP contribution is -2.46. The summed E-state index contributed by atoms with van der Waals surface area (Å²) < 4.78 is 12.2. The van der Waals surface area contributed by atoms with Crippen molar-refractivity contribution in [1.82, 2.24) is 14.5 Å². The van der Waals surface area contributed by atoms with Crippen LogP contribution in [-0.4, -0.2) is 39.1 Å². The minimum atomic E-state index is -0.680. The number of carbonyl (C=O) groups is 2. The van der Waals surface area contributed by atoms with Gasteiger partial charge in [0.15, 0.2) is 0 Å². The number of esters is 1. The minimum Gasteiger partial charge on any atom is -0.467 e. The van der Waals surface area contributed by atoms with E-state index in [4.69, 9.17) is 9.15 Å². The Morgan fingerprint density at radius 2 is 2.07 bits per heavy atom. The number of hydrogen-bond donors (Lipinski definition) is 0. The number of imidazole rings is 1. The van der Waals surface area contributed by atoms with Gasteiger partial charge < -0.3 is 14.1 Å². The van der Waals surface area contributed by atoms with Crippen LogP contribution < -0.4 is 0 Å². The minimum absolute atomic E-state index is 0.189. The molecule has 7 nitrogen and oxygen atoms in total. The summed E-state index contributed by atoms with van der Waals surface area (Å²) in [7, 11) is 0. The van der Waals surface area contributed by atoms with Crippen molar-refractivity contribution in [2.45, 2.75) is 65.0 Å². The molecule has 1 atom stereocenters. The van der Waals surface area contributed by atoms with Crippen LogP contribution in [0.1, 0.15) is 58.1 Å². The second-order valence-corrected chi connectivity index (χ2v) is 6.47. The molecule has 0 unspecified atom stereocenters. The molecule has 0 bridgehead atoms. The van der Waals surface area contributed by atoms with Gasteiger partial charge in [-0.25, -0.2) is 14.6 Å². The summed E-state index contributed by atoms with van der Waals surface area (Å²) in [6.45, 7) is 4.60. The molecule has 0 spiro atoms. The third-order valence-corrected chi connectivity index (χ3v) is 4.40. The van der Waals surface area contributed by atoms with Gasteiger partial charge in [-0.2, -0.15) is 0 Å². The number of carbonyl (C=O) groups excluding carboxylic acids is 2. The van der Waals surface area contributed by atoms with Gasteiger partial charge in [-0.15, -0.1) is 0 Å². The first kappa shape index (κ1) is 20.7. The van der Waals surface area contributed by atoms with Crippen molar-refractivity contribution in [3.63, 3.8) is 0 Å². The van der Waals surface area contributed by atoms with E-state index >= 15 is 0 Å². The zero-order chi connectivity index (χ0) is 19.5. The van der Waals surface area contributed by atoms with Crippen LogP contribution in [0.2, 0.25) is 0 Å². The van der Waals surface area contributed by atoms with Crippen LogP contribution in [0.5, 0.6) is 0 Å². The molecule has 1 amide bonds. The summed E-state index contributed by atoms with van der Waals surface area (Å²) in [6, 6.07) is 2.52. The van der Waals surface area contributed by atoms with Crippen LogP contribution >= 0.6 is 0 Å². The molecule has 7 heteroatoms. The molecule has 0 saturated heterocycles. The van der Waals surface area contributed by atoms with E-state index in [1.54, 1.807) is 24.6 Å². The fourth-order valence-electron chi connectivity index (χ4n) is 2.89. The summed E-state index contributed by atoms with van der Waals surface area (Å²) in [5.41, 5.74) is 0. The highest BCUT2D eigenvalue weighted by Crippen LogP contribution is 2.15. The number of ether oxygens (including phenoxy) is 1. The summed E-state index contributed by atoms with van der Waals surface area (Å²) in [5.74, 6) is 0.224. The van der Waals surface area contributed by atoms with E-state index in [0.717, 1.165) is 19.3 Å². The number of unbranched alkanes of at least 4 members (excludes halogenated alkanes) is 4. The zero-order valence-electron chi connectivity index (χ0n) is 16.2. The van der Waals surface area contributed by atoms with E-state index in [-0.39, 0.29) is 18.5 Å². The SMILES string of the molecule is CCCCCCCOC(=O)[C@H](CC)N(Cc1ccco1)C(=O)n1ccnc1. The van der Waals surface area contributed by atoms with Gasteiger partial charge in [0.1, 0.15) is 18.1 Å². The van der Waals surface area contributed by atoms with E-state index in [0.29, 0.717) is 18.8 Å². The standard InChI is InChI=1S/C20H29N3O4/c1-3-5-6-7-8-13-27-19(24)18(4-2)23(15-17-10-9-14-26-17)20(25)22-12-11-21-16-22/h9-12,14,16,18H,3-8,13,15H2,1-2H3/t18-/m0/s1. The van der Waals surface area contributed by atoms with E-state index in [1.807, 2.05) is 6.92 Å². The molecule has 2 rings (SSSR count). The quantitative estimate of drug-likeness (QED) is 0.434. The molecule has 0 fully saturated rings. The Hall–Kier alpha value is -2.57. The monoisotopic (exact) mass is 375 g/mol. The predicted molar refractivity (Wildman–Crippen MR) is 101 cm³/mol. The Labute approximate surface area is 160 Å². The number of aromatic nitrogens is 2. The lowest BCUT2D eigenvalue weighted by Gasteiger charge is -2.28. The van der Waals surface area contributed by atoms with Gasteiger partial charge in [-0.05, 0) is 25.0 Å². The second-order valence-electron chi connectivity index (χ2n) is 6.47. The van der Waals surface area contributed by atoms with E-state index in [9.17, 15) is 9.59 Å². The molecule has 27 heavy (non-hydrogen) atoms. The third kappa shape index (κ3) is 6.27. The molecule has 0 N–H and O–H groups in total. The highest BCUT2D eigenvalue weighted by molar-refractivity contribution is 5.84. The van der Waals surface area contributed by atoms with Gasteiger partial charge >= 0.3 is 12.0 Å². The molecule has 2 aromatic rings. The summed E-state index contributed by atoms with van der Waals surface area (Å²) in [6.07, 6.45) is 11.9. The second kappa shape index (κ2) is 11.2. The largest absolute Gasteiger partial charge is 0.467 e. The fraction of sp³-hybridized carbons (Fsp3) is 0.550. The van der Waals surface area contributed by atoms with Crippen molar-refractivity contribution < 1.29 is 18.7 Å².